The van der Waals surface area contributed by atoms with Crippen LogP contribution < -0.4 is 5.73 Å². The molecule has 0 aliphatic carbocycles. The average Bonchev–Trinajstić information content (AvgIpc) is 2.26. The van der Waals surface area contributed by atoms with Crippen LogP contribution in [0.4, 0.5) is 13.2 Å². The van der Waals surface area contributed by atoms with Gasteiger partial charge in [0, 0.05) is 7.05 Å². The fraction of sp³-hybridized carbons (Fsp3) is 0.364. The number of halogens is 3. The second kappa shape index (κ2) is 5.18. The average molecular weight is 246 g/mol. The molecule has 0 aliphatic rings. The number of likely N-dealkylation sites (N-methyl/N-ethyl adjacent to an activating group) is 1. The van der Waals surface area contributed by atoms with E-state index in [-0.39, 0.29) is 0 Å². The van der Waals surface area contributed by atoms with Crippen LogP contribution in [0.2, 0.25) is 0 Å². The molecule has 1 atom stereocenters. The van der Waals surface area contributed by atoms with Crippen molar-refractivity contribution in [2.75, 3.05) is 13.6 Å². The van der Waals surface area contributed by atoms with Gasteiger partial charge in [-0.05, 0) is 5.56 Å². The predicted octanol–water partition coefficient (Wildman–Crippen LogP) is 1.71. The van der Waals surface area contributed by atoms with Crippen LogP contribution >= 0.6 is 0 Å². The minimum absolute atomic E-state index is 0.492. The van der Waals surface area contributed by atoms with E-state index in [0.717, 1.165) is 7.05 Å². The van der Waals surface area contributed by atoms with Crippen molar-refractivity contribution in [1.82, 2.24) is 4.90 Å². The molecule has 3 nitrogen and oxygen atoms in total. The largest absolute Gasteiger partial charge is 0.406 e. The van der Waals surface area contributed by atoms with E-state index >= 15 is 0 Å². The van der Waals surface area contributed by atoms with Crippen molar-refractivity contribution in [3.63, 3.8) is 0 Å². The third kappa shape index (κ3) is 4.07. The minimum atomic E-state index is -4.42. The lowest BCUT2D eigenvalue weighted by Gasteiger charge is -2.22. The number of hydrogen-bond acceptors (Lipinski definition) is 2. The molecule has 0 aromatic heterocycles. The highest BCUT2D eigenvalue weighted by atomic mass is 19.4. The first kappa shape index (κ1) is 13.5. The van der Waals surface area contributed by atoms with Crippen LogP contribution in [0.25, 0.3) is 0 Å². The first-order chi connectivity index (χ1) is 7.81. The van der Waals surface area contributed by atoms with E-state index in [0.29, 0.717) is 10.5 Å². The molecule has 6 heteroatoms. The Labute approximate surface area is 97.0 Å². The smallest absolute Gasteiger partial charge is 0.335 e. The number of rotatable bonds is 3. The van der Waals surface area contributed by atoms with E-state index < -0.39 is 24.7 Å². The van der Waals surface area contributed by atoms with Gasteiger partial charge >= 0.3 is 6.18 Å². The highest BCUT2D eigenvalue weighted by molar-refractivity contribution is 5.82. The van der Waals surface area contributed by atoms with Gasteiger partial charge in [-0.25, -0.2) is 0 Å². The zero-order valence-electron chi connectivity index (χ0n) is 9.24. The molecule has 0 saturated heterocycles. The summed E-state index contributed by atoms with van der Waals surface area (Å²) >= 11 is 0. The summed E-state index contributed by atoms with van der Waals surface area (Å²) in [5.41, 5.74) is 6.09. The Hall–Kier alpha value is -1.56. The molecule has 1 amide bonds. The van der Waals surface area contributed by atoms with Crippen molar-refractivity contribution >= 4 is 5.91 Å². The Morgan fingerprint density at radius 3 is 2.35 bits per heavy atom. The fourth-order valence-corrected chi connectivity index (χ4v) is 1.39. The van der Waals surface area contributed by atoms with Crippen LogP contribution in [-0.4, -0.2) is 30.6 Å². The van der Waals surface area contributed by atoms with Crippen molar-refractivity contribution in [3.8, 4) is 0 Å². The Balaban J connectivity index is 2.71. The predicted molar refractivity (Wildman–Crippen MR) is 57.1 cm³/mol. The number of hydrogen-bond donors (Lipinski definition) is 1. The molecule has 1 aromatic rings. The Bertz CT molecular complexity index is 378. The van der Waals surface area contributed by atoms with Gasteiger partial charge < -0.3 is 10.6 Å². The molecule has 17 heavy (non-hydrogen) atoms. The lowest BCUT2D eigenvalue weighted by Crippen LogP contribution is -2.41. The third-order valence-corrected chi connectivity index (χ3v) is 2.22. The van der Waals surface area contributed by atoms with Crippen molar-refractivity contribution in [3.05, 3.63) is 35.9 Å². The number of alkyl halides is 3. The number of amides is 1. The van der Waals surface area contributed by atoms with Gasteiger partial charge in [0.15, 0.2) is 0 Å². The molecular formula is C11H13F3N2O. The van der Waals surface area contributed by atoms with Crippen LogP contribution in [0.1, 0.15) is 11.6 Å². The normalized spacial score (nSPS) is 13.2. The summed E-state index contributed by atoms with van der Waals surface area (Å²) in [6, 6.07) is 7.22. The number of nitrogens with two attached hydrogens (primary N) is 1. The summed E-state index contributed by atoms with van der Waals surface area (Å²) in [7, 11) is 1.08. The van der Waals surface area contributed by atoms with Crippen molar-refractivity contribution in [2.45, 2.75) is 12.2 Å². The number of carbonyl (C=O) groups excluding carboxylic acids is 1. The molecule has 0 heterocycles. The fourth-order valence-electron chi connectivity index (χ4n) is 1.39. The number of benzene rings is 1. The second-order valence-electron chi connectivity index (χ2n) is 3.70. The van der Waals surface area contributed by atoms with Crippen molar-refractivity contribution in [2.24, 2.45) is 5.73 Å². The quantitative estimate of drug-likeness (QED) is 0.882. The molecule has 1 aromatic carbocycles. The summed E-state index contributed by atoms with van der Waals surface area (Å²) in [4.78, 5) is 12.2. The maximum absolute atomic E-state index is 12.1. The summed E-state index contributed by atoms with van der Waals surface area (Å²) in [6.45, 7) is -1.30. The summed E-state index contributed by atoms with van der Waals surface area (Å²) in [6.07, 6.45) is -4.42. The van der Waals surface area contributed by atoms with E-state index in [1.807, 2.05) is 0 Å². The van der Waals surface area contributed by atoms with Gasteiger partial charge in [0.05, 0.1) is 0 Å². The van der Waals surface area contributed by atoms with Gasteiger partial charge in [0.2, 0.25) is 5.91 Å². The standard InChI is InChI=1S/C11H13F3N2O/c1-16(7-11(12,13)14)10(17)9(15)8-5-3-2-4-6-8/h2-6,9H,7,15H2,1H3/t9-/m1/s1. The van der Waals surface area contributed by atoms with Gasteiger partial charge in [-0.2, -0.15) is 13.2 Å². The molecule has 2 N–H and O–H groups in total. The monoisotopic (exact) mass is 246 g/mol. The van der Waals surface area contributed by atoms with Crippen LogP contribution in [-0.2, 0) is 4.79 Å². The minimum Gasteiger partial charge on any atom is -0.335 e. The van der Waals surface area contributed by atoms with E-state index in [9.17, 15) is 18.0 Å². The molecule has 0 bridgehead atoms. The second-order valence-corrected chi connectivity index (χ2v) is 3.70. The zero-order chi connectivity index (χ0) is 13.1. The number of nitrogens with zero attached hydrogens (tertiary/aromatic N) is 1. The van der Waals surface area contributed by atoms with Crippen LogP contribution in [0.3, 0.4) is 0 Å². The summed E-state index contributed by atoms with van der Waals surface area (Å²) < 4.78 is 36.3. The van der Waals surface area contributed by atoms with Gasteiger partial charge in [0.1, 0.15) is 12.6 Å². The first-order valence-corrected chi connectivity index (χ1v) is 4.93. The highest BCUT2D eigenvalue weighted by Gasteiger charge is 2.32. The van der Waals surface area contributed by atoms with Crippen molar-refractivity contribution in [1.29, 1.82) is 0 Å². The molecule has 94 valence electrons. The first-order valence-electron chi connectivity index (χ1n) is 4.93. The third-order valence-electron chi connectivity index (χ3n) is 2.22. The van der Waals surface area contributed by atoms with E-state index in [1.165, 1.54) is 0 Å². The lowest BCUT2D eigenvalue weighted by atomic mass is 10.1. The van der Waals surface area contributed by atoms with Crippen LogP contribution in [0.15, 0.2) is 30.3 Å². The highest BCUT2D eigenvalue weighted by Crippen LogP contribution is 2.18. The SMILES string of the molecule is CN(CC(F)(F)F)C(=O)[C@H](N)c1ccccc1. The van der Waals surface area contributed by atoms with Crippen molar-refractivity contribution < 1.29 is 18.0 Å². The number of carbonyl (C=O) groups is 1. The van der Waals surface area contributed by atoms with E-state index in [2.05, 4.69) is 0 Å². The van der Waals surface area contributed by atoms with E-state index in [1.54, 1.807) is 30.3 Å². The lowest BCUT2D eigenvalue weighted by molar-refractivity contribution is -0.159. The molecular weight excluding hydrogens is 233 g/mol. The maximum atomic E-state index is 12.1. The Kier molecular flexibility index (Phi) is 4.11. The molecule has 0 unspecified atom stereocenters. The van der Waals surface area contributed by atoms with E-state index in [4.69, 9.17) is 5.73 Å². The summed E-state index contributed by atoms with van der Waals surface area (Å²) in [5.74, 6) is -0.756. The molecule has 0 aliphatic heterocycles. The summed E-state index contributed by atoms with van der Waals surface area (Å²) in [5, 5.41) is 0. The topological polar surface area (TPSA) is 46.3 Å². The molecule has 0 spiro atoms. The Morgan fingerprint density at radius 1 is 1.35 bits per heavy atom. The zero-order valence-corrected chi connectivity index (χ0v) is 9.24. The maximum Gasteiger partial charge on any atom is 0.406 e. The van der Waals surface area contributed by atoms with Crippen LogP contribution in [0, 0.1) is 0 Å². The van der Waals surface area contributed by atoms with Gasteiger partial charge in [-0.3, -0.25) is 4.79 Å². The van der Waals surface area contributed by atoms with Gasteiger partial charge in [-0.1, -0.05) is 30.3 Å². The van der Waals surface area contributed by atoms with Crippen LogP contribution in [0.5, 0.6) is 0 Å². The van der Waals surface area contributed by atoms with Gasteiger partial charge in [0.25, 0.3) is 0 Å². The van der Waals surface area contributed by atoms with Gasteiger partial charge in [-0.15, -0.1) is 0 Å². The molecule has 0 fully saturated rings. The molecule has 0 radical (unpaired) electrons. The Morgan fingerprint density at radius 2 is 1.88 bits per heavy atom. The molecule has 1 rings (SSSR count). The molecule has 0 saturated carbocycles.